The predicted molar refractivity (Wildman–Crippen MR) is 192 cm³/mol. The van der Waals surface area contributed by atoms with Gasteiger partial charge in [0.15, 0.2) is 11.5 Å². The summed E-state index contributed by atoms with van der Waals surface area (Å²) in [5.41, 5.74) is 5.09. The fraction of sp³-hybridized carbons (Fsp3) is 0.359. The lowest BCUT2D eigenvalue weighted by Gasteiger charge is -2.37. The molecule has 3 aromatic rings. The molecule has 250 valence electrons. The number of hydrogen-bond donors (Lipinski definition) is 0. The van der Waals surface area contributed by atoms with Gasteiger partial charge in [-0.1, -0.05) is 54.6 Å². The number of rotatable bonds is 7. The number of ether oxygens (including phenoxy) is 2. The summed E-state index contributed by atoms with van der Waals surface area (Å²) in [5.74, 6) is 1.25. The molecule has 0 bridgehead atoms. The van der Waals surface area contributed by atoms with Crippen LogP contribution in [0.2, 0.25) is 0 Å². The van der Waals surface area contributed by atoms with Gasteiger partial charge in [-0.15, -0.1) is 12.4 Å². The number of allylic oxidation sites excluding steroid dienone is 2. The molecule has 9 heteroatoms. The molecule has 8 nitrogen and oxygen atoms in total. The molecule has 0 N–H and O–H groups in total. The minimum absolute atomic E-state index is 0. The van der Waals surface area contributed by atoms with E-state index in [1.807, 2.05) is 53.4 Å². The van der Waals surface area contributed by atoms with E-state index >= 15 is 0 Å². The van der Waals surface area contributed by atoms with Crippen LogP contribution in [0.1, 0.15) is 53.7 Å². The number of nitrogens with zero attached hydrogens (tertiary/aromatic N) is 4. The smallest absolute Gasteiger partial charge is 0.253 e. The first-order valence-corrected chi connectivity index (χ1v) is 16.6. The summed E-state index contributed by atoms with van der Waals surface area (Å²) in [7, 11) is 1.66. The summed E-state index contributed by atoms with van der Waals surface area (Å²) < 4.78 is 12.0. The van der Waals surface area contributed by atoms with Crippen LogP contribution in [0.3, 0.4) is 0 Å². The van der Waals surface area contributed by atoms with Crippen LogP contribution >= 0.6 is 12.4 Å². The van der Waals surface area contributed by atoms with Crippen LogP contribution in [0.5, 0.6) is 11.5 Å². The van der Waals surface area contributed by atoms with Crippen LogP contribution in [0.15, 0.2) is 90.1 Å². The maximum absolute atomic E-state index is 13.9. The van der Waals surface area contributed by atoms with Gasteiger partial charge in [-0.3, -0.25) is 14.5 Å². The van der Waals surface area contributed by atoms with Crippen molar-refractivity contribution in [3.05, 3.63) is 107 Å². The average Bonchev–Trinajstić information content (AvgIpc) is 3.44. The molecular formula is C39H43ClN4O4. The molecule has 0 spiro atoms. The van der Waals surface area contributed by atoms with Crippen molar-refractivity contribution in [2.45, 2.75) is 38.7 Å². The summed E-state index contributed by atoms with van der Waals surface area (Å²) >= 11 is 0. The van der Waals surface area contributed by atoms with E-state index in [-0.39, 0.29) is 41.7 Å². The van der Waals surface area contributed by atoms with Gasteiger partial charge in [-0.05, 0) is 68.7 Å². The molecule has 1 fully saturated rings. The van der Waals surface area contributed by atoms with E-state index in [4.69, 9.17) is 14.6 Å². The topological polar surface area (TPSA) is 74.7 Å². The fourth-order valence-electron chi connectivity index (χ4n) is 7.21. The second-order valence-corrected chi connectivity index (χ2v) is 13.4. The SMILES string of the molecule is COc1ccc(C2=NN(c3ccc(C(=O)N4CCN(CC=Cc5ccccc5)CC4)cc3)C(=O)[C@@H]3CC=CC[C@H]23)c2c1OC(C)(C)C2.Cl. The van der Waals surface area contributed by atoms with Crippen LogP contribution in [0, 0.1) is 11.8 Å². The first-order valence-electron chi connectivity index (χ1n) is 16.6. The Bertz CT molecular complexity index is 1740. The lowest BCUT2D eigenvalue weighted by Crippen LogP contribution is -2.48. The molecule has 1 aliphatic carbocycles. The number of fused-ring (bicyclic) bond motifs is 2. The van der Waals surface area contributed by atoms with E-state index in [0.29, 0.717) is 36.5 Å². The number of hydrazone groups is 1. The van der Waals surface area contributed by atoms with E-state index in [9.17, 15) is 9.59 Å². The quantitative estimate of drug-likeness (QED) is 0.265. The van der Waals surface area contributed by atoms with Crippen molar-refractivity contribution in [3.63, 3.8) is 0 Å². The van der Waals surface area contributed by atoms with Crippen LogP contribution in [0.4, 0.5) is 5.69 Å². The van der Waals surface area contributed by atoms with Crippen molar-refractivity contribution in [1.29, 1.82) is 0 Å². The highest BCUT2D eigenvalue weighted by atomic mass is 35.5. The Morgan fingerprint density at radius 3 is 2.38 bits per heavy atom. The number of carbonyl (C=O) groups is 2. The Kier molecular flexibility index (Phi) is 9.76. The molecule has 2 atom stereocenters. The van der Waals surface area contributed by atoms with E-state index in [1.54, 1.807) is 12.1 Å². The lowest BCUT2D eigenvalue weighted by molar-refractivity contribution is -0.123. The number of hydrogen-bond acceptors (Lipinski definition) is 6. The molecule has 0 saturated carbocycles. The van der Waals surface area contributed by atoms with Gasteiger partial charge in [-0.2, -0.15) is 5.10 Å². The molecule has 3 aromatic carbocycles. The third kappa shape index (κ3) is 6.64. The Labute approximate surface area is 289 Å². The highest BCUT2D eigenvalue weighted by Crippen LogP contribution is 2.46. The normalized spacial score (nSPS) is 21.6. The molecule has 0 aromatic heterocycles. The van der Waals surface area contributed by atoms with Crippen LogP contribution in [0.25, 0.3) is 6.08 Å². The summed E-state index contributed by atoms with van der Waals surface area (Å²) in [5, 5.41) is 6.59. The Morgan fingerprint density at radius 1 is 0.958 bits per heavy atom. The summed E-state index contributed by atoms with van der Waals surface area (Å²) in [4.78, 5) is 31.6. The summed E-state index contributed by atoms with van der Waals surface area (Å²) in [6.45, 7) is 8.04. The third-order valence-corrected chi connectivity index (χ3v) is 9.71. The van der Waals surface area contributed by atoms with Gasteiger partial charge in [0.05, 0.1) is 24.4 Å². The van der Waals surface area contributed by atoms with E-state index in [0.717, 1.165) is 55.1 Å². The zero-order valence-electron chi connectivity index (χ0n) is 27.8. The number of piperazine rings is 1. The minimum Gasteiger partial charge on any atom is -0.493 e. The van der Waals surface area contributed by atoms with Crippen molar-refractivity contribution in [2.24, 2.45) is 16.9 Å². The number of halogens is 1. The molecule has 7 rings (SSSR count). The molecule has 1 saturated heterocycles. The van der Waals surface area contributed by atoms with Crippen LogP contribution in [-0.2, 0) is 11.2 Å². The largest absolute Gasteiger partial charge is 0.493 e. The molecule has 3 aliphatic heterocycles. The van der Waals surface area contributed by atoms with Gasteiger partial charge < -0.3 is 14.4 Å². The first-order chi connectivity index (χ1) is 22.8. The Hall–Kier alpha value is -4.40. The van der Waals surface area contributed by atoms with Crippen molar-refractivity contribution < 1.29 is 19.1 Å². The third-order valence-electron chi connectivity index (χ3n) is 9.71. The standard InChI is InChI=1S/C39H42N4O4.ClH/c1-39(2)26-33-31(19-20-34(46-3)36(33)47-39)35-30-13-7-8-14-32(30)38(45)43(40-35)29-17-15-28(16-18-29)37(44)42-24-22-41(23-25-42)21-9-12-27-10-5-4-6-11-27;/h4-12,15-20,30,32H,13-14,21-26H2,1-3H3;1H/t30-,32+;/m0./s1. The average molecular weight is 667 g/mol. The molecule has 48 heavy (non-hydrogen) atoms. The molecule has 0 radical (unpaired) electrons. The van der Waals surface area contributed by atoms with Crippen molar-refractivity contribution in [2.75, 3.05) is 44.8 Å². The van der Waals surface area contributed by atoms with Gasteiger partial charge in [-0.25, -0.2) is 5.01 Å². The molecule has 4 aliphatic rings. The summed E-state index contributed by atoms with van der Waals surface area (Å²) in [6.07, 6.45) is 10.7. The number of amides is 2. The van der Waals surface area contributed by atoms with Gasteiger partial charge in [0, 0.05) is 61.8 Å². The molecule has 3 heterocycles. The predicted octanol–water partition coefficient (Wildman–Crippen LogP) is 6.64. The maximum atomic E-state index is 13.9. The minimum atomic E-state index is -0.364. The van der Waals surface area contributed by atoms with Crippen molar-refractivity contribution in [1.82, 2.24) is 9.80 Å². The number of carbonyl (C=O) groups excluding carboxylic acids is 2. The van der Waals surface area contributed by atoms with Crippen LogP contribution < -0.4 is 14.5 Å². The van der Waals surface area contributed by atoms with E-state index in [2.05, 4.69) is 61.3 Å². The second-order valence-electron chi connectivity index (χ2n) is 13.4. The highest BCUT2D eigenvalue weighted by Gasteiger charge is 2.43. The number of methoxy groups -OCH3 is 1. The van der Waals surface area contributed by atoms with E-state index in [1.165, 1.54) is 5.56 Å². The molecule has 0 unspecified atom stereocenters. The molecular weight excluding hydrogens is 624 g/mol. The highest BCUT2D eigenvalue weighted by molar-refractivity contribution is 6.12. The number of anilines is 1. The number of benzene rings is 3. The van der Waals surface area contributed by atoms with Gasteiger partial charge >= 0.3 is 0 Å². The first kappa shape index (κ1) is 33.5. The summed E-state index contributed by atoms with van der Waals surface area (Å²) in [6, 6.07) is 21.6. The van der Waals surface area contributed by atoms with Crippen molar-refractivity contribution in [3.8, 4) is 11.5 Å². The Balaban J connectivity index is 0.00000401. The van der Waals surface area contributed by atoms with Gasteiger partial charge in [0.1, 0.15) is 5.60 Å². The van der Waals surface area contributed by atoms with Gasteiger partial charge in [0.2, 0.25) is 0 Å². The Morgan fingerprint density at radius 2 is 1.67 bits per heavy atom. The molecule has 2 amide bonds. The lowest BCUT2D eigenvalue weighted by atomic mass is 9.75. The zero-order chi connectivity index (χ0) is 32.5. The maximum Gasteiger partial charge on any atom is 0.253 e. The monoisotopic (exact) mass is 666 g/mol. The van der Waals surface area contributed by atoms with Crippen molar-refractivity contribution >= 4 is 41.7 Å². The van der Waals surface area contributed by atoms with E-state index < -0.39 is 0 Å². The van der Waals surface area contributed by atoms with Gasteiger partial charge in [0.25, 0.3) is 11.8 Å². The fourth-order valence-corrected chi connectivity index (χ4v) is 7.21. The van der Waals surface area contributed by atoms with Crippen LogP contribution in [-0.4, -0.2) is 72.8 Å². The second kappa shape index (κ2) is 14.0. The zero-order valence-corrected chi connectivity index (χ0v) is 28.6.